The van der Waals surface area contributed by atoms with Crippen molar-refractivity contribution in [1.82, 2.24) is 4.57 Å². The molecule has 1 heterocycles. The van der Waals surface area contributed by atoms with Crippen LogP contribution in [0.3, 0.4) is 0 Å². The van der Waals surface area contributed by atoms with Gasteiger partial charge in [-0.15, -0.1) is 0 Å². The minimum Gasteiger partial charge on any atom is -0.454 e. The number of aryl methyl sites for hydroxylation is 1. The molecule has 3 aromatic carbocycles. The number of carbonyl (C=O) groups excluding carboxylic acids is 2. The fourth-order valence-corrected chi connectivity index (χ4v) is 3.72. The van der Waals surface area contributed by atoms with Crippen LogP contribution in [0.2, 0.25) is 0 Å². The SMILES string of the molecule is Cc1cc(C(=O)OCC(=O)c2ccc(-c3ccccc3)cc2)c(C)n1-c1ccccc1. The molecule has 0 atom stereocenters. The van der Waals surface area contributed by atoms with Crippen molar-refractivity contribution < 1.29 is 14.3 Å². The van der Waals surface area contributed by atoms with Crippen LogP contribution < -0.4 is 0 Å². The summed E-state index contributed by atoms with van der Waals surface area (Å²) in [4.78, 5) is 25.2. The van der Waals surface area contributed by atoms with Gasteiger partial charge < -0.3 is 9.30 Å². The fraction of sp³-hybridized carbons (Fsp3) is 0.111. The van der Waals surface area contributed by atoms with Gasteiger partial charge in [-0.3, -0.25) is 4.79 Å². The highest BCUT2D eigenvalue weighted by Gasteiger charge is 2.19. The molecule has 4 nitrogen and oxygen atoms in total. The van der Waals surface area contributed by atoms with E-state index in [-0.39, 0.29) is 12.4 Å². The third-order valence-electron chi connectivity index (χ3n) is 5.31. The smallest absolute Gasteiger partial charge is 0.340 e. The number of para-hydroxylation sites is 1. The van der Waals surface area contributed by atoms with Crippen LogP contribution in [0.25, 0.3) is 16.8 Å². The van der Waals surface area contributed by atoms with Gasteiger partial charge in [-0.25, -0.2) is 4.79 Å². The number of carbonyl (C=O) groups is 2. The van der Waals surface area contributed by atoms with Crippen molar-refractivity contribution in [3.63, 3.8) is 0 Å². The van der Waals surface area contributed by atoms with Gasteiger partial charge in [0.05, 0.1) is 5.56 Å². The molecule has 154 valence electrons. The summed E-state index contributed by atoms with van der Waals surface area (Å²) in [6, 6.07) is 28.9. The molecule has 0 amide bonds. The lowest BCUT2D eigenvalue weighted by molar-refractivity contribution is 0.0474. The highest BCUT2D eigenvalue weighted by Crippen LogP contribution is 2.22. The summed E-state index contributed by atoms with van der Waals surface area (Å²) in [5.74, 6) is -0.727. The standard InChI is InChI=1S/C27H23NO3/c1-19-17-25(20(2)28(19)24-11-7-4-8-12-24)27(30)31-18-26(29)23-15-13-22(14-16-23)21-9-5-3-6-10-21/h3-17H,18H2,1-2H3. The second-order valence-corrected chi connectivity index (χ2v) is 7.40. The third-order valence-corrected chi connectivity index (χ3v) is 5.31. The van der Waals surface area contributed by atoms with Gasteiger partial charge in [-0.05, 0) is 43.2 Å². The summed E-state index contributed by atoms with van der Waals surface area (Å²) in [6.45, 7) is 3.52. The second-order valence-electron chi connectivity index (χ2n) is 7.40. The minimum atomic E-state index is -0.496. The Morgan fingerprint density at radius 1 is 0.774 bits per heavy atom. The van der Waals surface area contributed by atoms with Crippen LogP contribution >= 0.6 is 0 Å². The zero-order chi connectivity index (χ0) is 21.8. The van der Waals surface area contributed by atoms with Crippen molar-refractivity contribution in [3.8, 4) is 16.8 Å². The number of ketones is 1. The average Bonchev–Trinajstić information content (AvgIpc) is 3.12. The van der Waals surface area contributed by atoms with Crippen molar-refractivity contribution in [2.24, 2.45) is 0 Å². The quantitative estimate of drug-likeness (QED) is 0.299. The average molecular weight is 409 g/mol. The molecule has 0 bridgehead atoms. The molecule has 4 aromatic rings. The second kappa shape index (κ2) is 8.84. The van der Waals surface area contributed by atoms with Gasteiger partial charge in [0.25, 0.3) is 0 Å². The molecule has 1 aromatic heterocycles. The van der Waals surface area contributed by atoms with E-state index in [1.165, 1.54) is 0 Å². The van der Waals surface area contributed by atoms with Gasteiger partial charge in [-0.1, -0.05) is 72.8 Å². The molecular formula is C27H23NO3. The number of rotatable bonds is 6. The van der Waals surface area contributed by atoms with E-state index in [2.05, 4.69) is 0 Å². The van der Waals surface area contributed by atoms with Gasteiger partial charge in [0, 0.05) is 22.6 Å². The molecular weight excluding hydrogens is 386 g/mol. The van der Waals surface area contributed by atoms with E-state index < -0.39 is 5.97 Å². The highest BCUT2D eigenvalue weighted by atomic mass is 16.5. The molecule has 0 radical (unpaired) electrons. The molecule has 0 spiro atoms. The maximum absolute atomic E-state index is 12.6. The summed E-state index contributed by atoms with van der Waals surface area (Å²) in [5, 5.41) is 0. The van der Waals surface area contributed by atoms with Crippen LogP contribution in [-0.4, -0.2) is 22.9 Å². The molecule has 0 unspecified atom stereocenters. The first-order valence-corrected chi connectivity index (χ1v) is 10.1. The molecule has 0 saturated heterocycles. The summed E-state index contributed by atoms with van der Waals surface area (Å²) in [5.41, 5.74) is 5.79. The molecule has 0 fully saturated rings. The van der Waals surface area contributed by atoms with Gasteiger partial charge in [0.2, 0.25) is 0 Å². The number of hydrogen-bond donors (Lipinski definition) is 0. The number of Topliss-reactive ketones (excluding diaryl/α,β-unsaturated/α-hetero) is 1. The first kappa shape index (κ1) is 20.4. The Kier molecular flexibility index (Phi) is 5.80. The van der Waals surface area contributed by atoms with Crippen molar-refractivity contribution in [1.29, 1.82) is 0 Å². The van der Waals surface area contributed by atoms with Crippen LogP contribution in [0.5, 0.6) is 0 Å². The zero-order valence-corrected chi connectivity index (χ0v) is 17.5. The van der Waals surface area contributed by atoms with Crippen molar-refractivity contribution >= 4 is 11.8 Å². The number of ether oxygens (including phenoxy) is 1. The number of benzene rings is 3. The fourth-order valence-electron chi connectivity index (χ4n) is 3.72. The summed E-state index contributed by atoms with van der Waals surface area (Å²) in [6.07, 6.45) is 0. The Hall–Kier alpha value is -3.92. The molecule has 0 aliphatic heterocycles. The molecule has 0 aliphatic carbocycles. The van der Waals surface area contributed by atoms with Crippen LogP contribution in [0, 0.1) is 13.8 Å². The van der Waals surface area contributed by atoms with E-state index in [4.69, 9.17) is 4.74 Å². The summed E-state index contributed by atoms with van der Waals surface area (Å²) in [7, 11) is 0. The largest absolute Gasteiger partial charge is 0.454 e. The Morgan fingerprint density at radius 3 is 2.00 bits per heavy atom. The Balaban J connectivity index is 1.44. The van der Waals surface area contributed by atoms with Gasteiger partial charge in [0.15, 0.2) is 12.4 Å². The van der Waals surface area contributed by atoms with Crippen LogP contribution in [0.1, 0.15) is 32.1 Å². The number of nitrogens with zero attached hydrogens (tertiary/aromatic N) is 1. The monoisotopic (exact) mass is 409 g/mol. The van der Waals surface area contributed by atoms with E-state index in [1.54, 1.807) is 18.2 Å². The third kappa shape index (κ3) is 4.33. The van der Waals surface area contributed by atoms with Gasteiger partial charge in [-0.2, -0.15) is 0 Å². The van der Waals surface area contributed by atoms with E-state index >= 15 is 0 Å². The zero-order valence-electron chi connectivity index (χ0n) is 17.5. The number of esters is 1. The number of aromatic nitrogens is 1. The summed E-state index contributed by atoms with van der Waals surface area (Å²) < 4.78 is 7.34. The highest BCUT2D eigenvalue weighted by molar-refractivity contribution is 6.00. The summed E-state index contributed by atoms with van der Waals surface area (Å²) >= 11 is 0. The van der Waals surface area contributed by atoms with E-state index in [9.17, 15) is 9.59 Å². The van der Waals surface area contributed by atoms with E-state index in [0.717, 1.165) is 28.2 Å². The maximum Gasteiger partial charge on any atom is 0.340 e. The number of hydrogen-bond acceptors (Lipinski definition) is 3. The van der Waals surface area contributed by atoms with Crippen LogP contribution in [0.15, 0.2) is 91.0 Å². The van der Waals surface area contributed by atoms with Gasteiger partial charge in [0.1, 0.15) is 0 Å². The Morgan fingerprint density at radius 2 is 1.35 bits per heavy atom. The van der Waals surface area contributed by atoms with E-state index in [1.807, 2.05) is 91.2 Å². The molecule has 0 aliphatic rings. The van der Waals surface area contributed by atoms with Gasteiger partial charge >= 0.3 is 5.97 Å². The Labute approximate surface area is 181 Å². The molecule has 0 N–H and O–H groups in total. The van der Waals surface area contributed by atoms with Crippen molar-refractivity contribution in [3.05, 3.63) is 114 Å². The molecule has 0 saturated carbocycles. The van der Waals surface area contributed by atoms with Crippen LogP contribution in [-0.2, 0) is 4.74 Å². The lowest BCUT2D eigenvalue weighted by atomic mass is 10.0. The topological polar surface area (TPSA) is 48.3 Å². The van der Waals surface area contributed by atoms with E-state index in [0.29, 0.717) is 11.1 Å². The molecule has 4 rings (SSSR count). The van der Waals surface area contributed by atoms with Crippen LogP contribution in [0.4, 0.5) is 0 Å². The maximum atomic E-state index is 12.6. The van der Waals surface area contributed by atoms with Crippen molar-refractivity contribution in [2.75, 3.05) is 6.61 Å². The normalized spacial score (nSPS) is 10.6. The van der Waals surface area contributed by atoms with Crippen molar-refractivity contribution in [2.45, 2.75) is 13.8 Å². The first-order chi connectivity index (χ1) is 15.0. The predicted molar refractivity (Wildman–Crippen MR) is 122 cm³/mol. The lowest BCUT2D eigenvalue weighted by Gasteiger charge is -2.09. The first-order valence-electron chi connectivity index (χ1n) is 10.1. The molecule has 31 heavy (non-hydrogen) atoms. The molecule has 4 heteroatoms. The minimum absolute atomic E-state index is 0.232. The Bertz CT molecular complexity index is 1210. The predicted octanol–water partition coefficient (Wildman–Crippen LogP) is 5.80. The lowest BCUT2D eigenvalue weighted by Crippen LogP contribution is -2.15.